The molecule has 0 aromatic heterocycles. The SMILES string of the molecule is CC(CC[C@@H](C)[C@H]1CC[C@H]2[C@@H]3CC=C4C[C@@](C)(O)CC[C@]4(C)[C@H]3CC[C@]12C)C1CC1. The highest BCUT2D eigenvalue weighted by Gasteiger charge is 2.59. The van der Waals surface area contributed by atoms with Crippen LogP contribution in [0.15, 0.2) is 11.6 Å². The van der Waals surface area contributed by atoms with E-state index in [4.69, 9.17) is 0 Å². The Balaban J connectivity index is 1.31. The van der Waals surface area contributed by atoms with Crippen LogP contribution in [0, 0.1) is 52.3 Å². The molecule has 4 fully saturated rings. The van der Waals surface area contributed by atoms with Gasteiger partial charge in [-0.25, -0.2) is 0 Å². The Morgan fingerprint density at radius 2 is 1.63 bits per heavy atom. The van der Waals surface area contributed by atoms with E-state index in [2.05, 4.69) is 40.7 Å². The monoisotopic (exact) mass is 412 g/mol. The summed E-state index contributed by atoms with van der Waals surface area (Å²) in [5.41, 5.74) is 2.11. The molecule has 5 aliphatic rings. The van der Waals surface area contributed by atoms with Crippen molar-refractivity contribution in [2.24, 2.45) is 52.3 Å². The molecule has 9 atom stereocenters. The van der Waals surface area contributed by atoms with Crippen molar-refractivity contribution in [3.8, 4) is 0 Å². The third kappa shape index (κ3) is 3.45. The summed E-state index contributed by atoms with van der Waals surface area (Å²) in [7, 11) is 0. The molecule has 1 unspecified atom stereocenters. The van der Waals surface area contributed by atoms with Crippen molar-refractivity contribution in [3.05, 3.63) is 11.6 Å². The van der Waals surface area contributed by atoms with Crippen LogP contribution in [0.5, 0.6) is 0 Å². The zero-order valence-corrected chi connectivity index (χ0v) is 20.6. The zero-order valence-electron chi connectivity index (χ0n) is 20.6. The standard InChI is InChI=1S/C29H48O/c1-19(21-8-9-21)6-7-20(2)24-12-13-25-23-11-10-22-18-27(3,30)16-17-28(22,4)26(23)14-15-29(24,25)5/h10,19-21,23-26,30H,6-9,11-18H2,1-5H3/t19?,20-,23+,24-,25+,26+,27+,28+,29-/m1/s1. The number of hydrogen-bond donors (Lipinski definition) is 1. The van der Waals surface area contributed by atoms with Gasteiger partial charge in [0.1, 0.15) is 0 Å². The first-order valence-electron chi connectivity index (χ1n) is 13.6. The minimum Gasteiger partial charge on any atom is -0.390 e. The molecule has 0 amide bonds. The summed E-state index contributed by atoms with van der Waals surface area (Å²) in [6.07, 6.45) is 18.9. The normalized spacial score (nSPS) is 50.1. The van der Waals surface area contributed by atoms with Crippen LogP contribution in [-0.2, 0) is 0 Å². The van der Waals surface area contributed by atoms with Crippen LogP contribution in [0.2, 0.25) is 0 Å². The Bertz CT molecular complexity index is 686. The number of allylic oxidation sites excluding steroid dienone is 1. The van der Waals surface area contributed by atoms with Gasteiger partial charge in [-0.05, 0) is 123 Å². The average molecular weight is 413 g/mol. The van der Waals surface area contributed by atoms with Crippen molar-refractivity contribution in [3.63, 3.8) is 0 Å². The molecule has 0 radical (unpaired) electrons. The lowest BCUT2D eigenvalue weighted by Gasteiger charge is -2.59. The van der Waals surface area contributed by atoms with Crippen LogP contribution >= 0.6 is 0 Å². The summed E-state index contributed by atoms with van der Waals surface area (Å²) in [4.78, 5) is 0. The van der Waals surface area contributed by atoms with Gasteiger partial charge in [0.15, 0.2) is 0 Å². The number of fused-ring (bicyclic) bond motifs is 5. The topological polar surface area (TPSA) is 20.2 Å². The first-order valence-corrected chi connectivity index (χ1v) is 13.6. The minimum absolute atomic E-state index is 0.371. The molecule has 1 heteroatoms. The Morgan fingerprint density at radius 1 is 0.900 bits per heavy atom. The molecule has 4 saturated carbocycles. The summed E-state index contributed by atoms with van der Waals surface area (Å²) < 4.78 is 0. The maximum absolute atomic E-state index is 10.7. The first kappa shape index (κ1) is 21.5. The Labute approximate surface area is 186 Å². The van der Waals surface area contributed by atoms with E-state index in [1.54, 1.807) is 5.57 Å². The van der Waals surface area contributed by atoms with Gasteiger partial charge in [-0.3, -0.25) is 0 Å². The fourth-order valence-electron chi connectivity index (χ4n) is 9.41. The van der Waals surface area contributed by atoms with Crippen LogP contribution in [0.1, 0.15) is 112 Å². The summed E-state index contributed by atoms with van der Waals surface area (Å²) in [6.45, 7) is 12.5. The molecule has 5 rings (SSSR count). The summed E-state index contributed by atoms with van der Waals surface area (Å²) in [5, 5.41) is 10.7. The van der Waals surface area contributed by atoms with E-state index in [-0.39, 0.29) is 0 Å². The first-order chi connectivity index (χ1) is 14.1. The van der Waals surface area contributed by atoms with E-state index in [0.717, 1.165) is 54.3 Å². The van der Waals surface area contributed by atoms with E-state index in [1.165, 1.54) is 64.2 Å². The maximum atomic E-state index is 10.7. The van der Waals surface area contributed by atoms with Crippen LogP contribution < -0.4 is 0 Å². The number of rotatable bonds is 5. The molecule has 30 heavy (non-hydrogen) atoms. The lowest BCUT2D eigenvalue weighted by molar-refractivity contribution is -0.0706. The smallest absolute Gasteiger partial charge is 0.0657 e. The zero-order chi connectivity index (χ0) is 21.3. The molecule has 0 aromatic rings. The largest absolute Gasteiger partial charge is 0.390 e. The predicted octanol–water partition coefficient (Wildman–Crippen LogP) is 7.78. The quantitative estimate of drug-likeness (QED) is 0.457. The molecule has 5 aliphatic carbocycles. The molecule has 1 nitrogen and oxygen atoms in total. The lowest BCUT2D eigenvalue weighted by atomic mass is 9.46. The van der Waals surface area contributed by atoms with Crippen molar-refractivity contribution in [2.75, 3.05) is 0 Å². The van der Waals surface area contributed by atoms with Gasteiger partial charge in [0.05, 0.1) is 5.60 Å². The van der Waals surface area contributed by atoms with Gasteiger partial charge in [0.25, 0.3) is 0 Å². The summed E-state index contributed by atoms with van der Waals surface area (Å²) in [6, 6.07) is 0. The van der Waals surface area contributed by atoms with Crippen molar-refractivity contribution < 1.29 is 5.11 Å². The van der Waals surface area contributed by atoms with Gasteiger partial charge in [-0.1, -0.05) is 52.2 Å². The van der Waals surface area contributed by atoms with E-state index in [1.807, 2.05) is 0 Å². The predicted molar refractivity (Wildman–Crippen MR) is 126 cm³/mol. The second kappa shape index (κ2) is 7.36. The number of hydrogen-bond acceptors (Lipinski definition) is 1. The van der Waals surface area contributed by atoms with Gasteiger partial charge < -0.3 is 5.11 Å². The molecule has 0 aromatic carbocycles. The Morgan fingerprint density at radius 3 is 2.37 bits per heavy atom. The molecular weight excluding hydrogens is 364 g/mol. The van der Waals surface area contributed by atoms with Crippen LogP contribution in [0.3, 0.4) is 0 Å². The molecule has 0 aliphatic heterocycles. The van der Waals surface area contributed by atoms with Crippen molar-refractivity contribution in [2.45, 2.75) is 117 Å². The van der Waals surface area contributed by atoms with E-state index >= 15 is 0 Å². The van der Waals surface area contributed by atoms with Gasteiger partial charge in [-0.2, -0.15) is 0 Å². The summed E-state index contributed by atoms with van der Waals surface area (Å²) >= 11 is 0. The average Bonchev–Trinajstić information content (AvgIpc) is 3.48. The fourth-order valence-corrected chi connectivity index (χ4v) is 9.41. The van der Waals surface area contributed by atoms with Crippen molar-refractivity contribution in [1.29, 1.82) is 0 Å². The molecule has 0 saturated heterocycles. The minimum atomic E-state index is -0.465. The highest BCUT2D eigenvalue weighted by atomic mass is 16.3. The van der Waals surface area contributed by atoms with Crippen molar-refractivity contribution >= 4 is 0 Å². The highest BCUT2D eigenvalue weighted by molar-refractivity contribution is 5.26. The van der Waals surface area contributed by atoms with E-state index in [9.17, 15) is 5.11 Å². The van der Waals surface area contributed by atoms with Gasteiger partial charge in [0, 0.05) is 0 Å². The molecule has 0 spiro atoms. The van der Waals surface area contributed by atoms with Crippen LogP contribution in [-0.4, -0.2) is 10.7 Å². The van der Waals surface area contributed by atoms with Crippen molar-refractivity contribution in [1.82, 2.24) is 0 Å². The van der Waals surface area contributed by atoms with Crippen LogP contribution in [0.4, 0.5) is 0 Å². The molecule has 1 N–H and O–H groups in total. The molecular formula is C29H48O. The lowest BCUT2D eigenvalue weighted by Crippen LogP contribution is -2.52. The maximum Gasteiger partial charge on any atom is 0.0657 e. The van der Waals surface area contributed by atoms with E-state index in [0.29, 0.717) is 10.8 Å². The van der Waals surface area contributed by atoms with E-state index < -0.39 is 5.60 Å². The molecule has 0 bridgehead atoms. The third-order valence-electron chi connectivity index (χ3n) is 11.6. The Hall–Kier alpha value is -0.300. The van der Waals surface area contributed by atoms with Gasteiger partial charge in [-0.15, -0.1) is 0 Å². The second-order valence-corrected chi connectivity index (χ2v) is 13.5. The number of aliphatic hydroxyl groups is 1. The third-order valence-corrected chi connectivity index (χ3v) is 11.6. The highest BCUT2D eigenvalue weighted by Crippen LogP contribution is 2.67. The molecule has 0 heterocycles. The van der Waals surface area contributed by atoms with Crippen LogP contribution in [0.25, 0.3) is 0 Å². The van der Waals surface area contributed by atoms with Gasteiger partial charge >= 0.3 is 0 Å². The summed E-state index contributed by atoms with van der Waals surface area (Å²) in [5.74, 6) is 6.63. The van der Waals surface area contributed by atoms with Gasteiger partial charge in [0.2, 0.25) is 0 Å². The molecule has 170 valence electrons. The second-order valence-electron chi connectivity index (χ2n) is 13.5. The Kier molecular flexibility index (Phi) is 5.28. The fraction of sp³-hybridized carbons (Fsp3) is 0.931.